The van der Waals surface area contributed by atoms with E-state index in [-0.39, 0.29) is 0 Å². The standard InChI is InChI=1S/C29H23N2.ClHO4/c30-26-16-18-27(19-17-26)31-28(23-12-6-2-7-13-23)20-25(22-10-4-1-5-11-22)21-29(31)24-14-8-3-9-15-24;2-1(3,4)5/h1-21H,30H2;(H,2,3,4,5)/q+1;/p-1. The number of halogens is 1. The maximum atomic E-state index is 8.49. The maximum Gasteiger partial charge on any atom is 0.219 e. The van der Waals surface area contributed by atoms with E-state index in [1.54, 1.807) is 0 Å². The molecule has 0 aliphatic carbocycles. The third kappa shape index (κ3) is 6.55. The van der Waals surface area contributed by atoms with Crippen LogP contribution in [0, 0.1) is 10.2 Å². The molecule has 180 valence electrons. The molecule has 4 aromatic carbocycles. The molecular formula is C29H23ClN2O4. The molecular weight excluding hydrogens is 476 g/mol. The molecule has 1 heterocycles. The van der Waals surface area contributed by atoms with E-state index in [2.05, 4.69) is 120 Å². The predicted molar refractivity (Wildman–Crippen MR) is 129 cm³/mol. The lowest BCUT2D eigenvalue weighted by Gasteiger charge is -2.17. The third-order valence-corrected chi connectivity index (χ3v) is 5.46. The number of anilines is 1. The highest BCUT2D eigenvalue weighted by molar-refractivity contribution is 5.74. The van der Waals surface area contributed by atoms with Crippen molar-refractivity contribution in [2.45, 2.75) is 0 Å². The van der Waals surface area contributed by atoms with Crippen LogP contribution in [0.1, 0.15) is 0 Å². The van der Waals surface area contributed by atoms with Gasteiger partial charge in [-0.05, 0) is 47.5 Å². The van der Waals surface area contributed by atoms with Crippen LogP contribution in [0.4, 0.5) is 5.69 Å². The molecule has 2 N–H and O–H groups in total. The Morgan fingerprint density at radius 1 is 0.472 bits per heavy atom. The Hall–Kier alpha value is -4.04. The minimum Gasteiger partial charge on any atom is -0.399 e. The minimum atomic E-state index is -4.94. The second-order valence-corrected chi connectivity index (χ2v) is 8.67. The van der Waals surface area contributed by atoms with E-state index in [9.17, 15) is 0 Å². The Labute approximate surface area is 211 Å². The smallest absolute Gasteiger partial charge is 0.219 e. The topological polar surface area (TPSA) is 122 Å². The fourth-order valence-electron chi connectivity index (χ4n) is 3.94. The molecule has 0 spiro atoms. The molecule has 36 heavy (non-hydrogen) atoms. The Balaban J connectivity index is 0.000000556. The summed E-state index contributed by atoms with van der Waals surface area (Å²) in [6.07, 6.45) is 0. The van der Waals surface area contributed by atoms with Crippen LogP contribution in [-0.4, -0.2) is 0 Å². The summed E-state index contributed by atoms with van der Waals surface area (Å²) in [6, 6.07) is 44.2. The highest BCUT2D eigenvalue weighted by Gasteiger charge is 2.24. The van der Waals surface area contributed by atoms with E-state index in [1.165, 1.54) is 11.1 Å². The van der Waals surface area contributed by atoms with Crippen LogP contribution in [0.2, 0.25) is 0 Å². The van der Waals surface area contributed by atoms with E-state index >= 15 is 0 Å². The van der Waals surface area contributed by atoms with Crippen LogP contribution in [0.5, 0.6) is 0 Å². The zero-order chi connectivity index (χ0) is 25.5. The first-order chi connectivity index (χ1) is 17.3. The van der Waals surface area contributed by atoms with E-state index < -0.39 is 10.2 Å². The fourth-order valence-corrected chi connectivity index (χ4v) is 3.94. The van der Waals surface area contributed by atoms with Crippen molar-refractivity contribution in [3.8, 4) is 39.3 Å². The first kappa shape index (κ1) is 25.1. The molecule has 0 radical (unpaired) electrons. The van der Waals surface area contributed by atoms with Crippen molar-refractivity contribution in [3.63, 3.8) is 0 Å². The fraction of sp³-hybridized carbons (Fsp3) is 0. The Morgan fingerprint density at radius 3 is 1.22 bits per heavy atom. The summed E-state index contributed by atoms with van der Waals surface area (Å²) in [5, 5.41) is 0. The van der Waals surface area contributed by atoms with E-state index in [1.807, 2.05) is 12.1 Å². The Bertz CT molecular complexity index is 1340. The number of nitrogens with zero attached hydrogens (tertiary/aromatic N) is 1. The van der Waals surface area contributed by atoms with Crippen LogP contribution in [0.3, 0.4) is 0 Å². The zero-order valence-electron chi connectivity index (χ0n) is 19.2. The number of hydrogen-bond donors (Lipinski definition) is 1. The SMILES string of the molecule is Nc1ccc(-[n+]2c(-c3ccccc3)cc(-c3ccccc3)cc2-c2ccccc2)cc1.[O-][Cl+3]([O-])([O-])[O-]. The highest BCUT2D eigenvalue weighted by Crippen LogP contribution is 2.30. The first-order valence-corrected chi connectivity index (χ1v) is 12.3. The van der Waals surface area contributed by atoms with Gasteiger partial charge >= 0.3 is 0 Å². The van der Waals surface area contributed by atoms with E-state index in [4.69, 9.17) is 24.4 Å². The number of nitrogens with two attached hydrogens (primary N) is 1. The van der Waals surface area contributed by atoms with Gasteiger partial charge in [0.2, 0.25) is 17.1 Å². The van der Waals surface area contributed by atoms with Gasteiger partial charge in [-0.25, -0.2) is 18.6 Å². The maximum absolute atomic E-state index is 8.49. The van der Waals surface area contributed by atoms with Crippen LogP contribution in [0.15, 0.2) is 127 Å². The summed E-state index contributed by atoms with van der Waals surface area (Å²) in [4.78, 5) is 0. The minimum absolute atomic E-state index is 0.757. The third-order valence-electron chi connectivity index (χ3n) is 5.46. The molecule has 0 saturated heterocycles. The summed E-state index contributed by atoms with van der Waals surface area (Å²) in [6.45, 7) is 0. The highest BCUT2D eigenvalue weighted by atomic mass is 35.7. The second-order valence-electron chi connectivity index (χ2n) is 7.92. The van der Waals surface area contributed by atoms with Crippen LogP contribution in [0.25, 0.3) is 39.3 Å². The monoisotopic (exact) mass is 498 g/mol. The molecule has 0 atom stereocenters. The predicted octanol–water partition coefficient (Wildman–Crippen LogP) is 1.79. The molecule has 5 aromatic rings. The van der Waals surface area contributed by atoms with Crippen molar-refractivity contribution < 1.29 is 33.4 Å². The molecule has 7 heteroatoms. The van der Waals surface area contributed by atoms with Gasteiger partial charge in [-0.1, -0.05) is 66.7 Å². The van der Waals surface area contributed by atoms with Gasteiger partial charge in [-0.15, -0.1) is 10.2 Å². The van der Waals surface area contributed by atoms with Gasteiger partial charge in [0.1, 0.15) is 0 Å². The lowest BCUT2D eigenvalue weighted by molar-refractivity contribution is -2.00. The van der Waals surface area contributed by atoms with Gasteiger partial charge in [0, 0.05) is 41.1 Å². The molecule has 0 fully saturated rings. The van der Waals surface area contributed by atoms with Crippen molar-refractivity contribution in [1.29, 1.82) is 0 Å². The Kier molecular flexibility index (Phi) is 7.75. The van der Waals surface area contributed by atoms with Crippen LogP contribution < -0.4 is 28.9 Å². The Morgan fingerprint density at radius 2 is 0.833 bits per heavy atom. The van der Waals surface area contributed by atoms with Crippen LogP contribution in [-0.2, 0) is 0 Å². The second kappa shape index (κ2) is 11.1. The molecule has 0 bridgehead atoms. The quantitative estimate of drug-likeness (QED) is 0.299. The van der Waals surface area contributed by atoms with Crippen LogP contribution >= 0.6 is 0 Å². The number of aromatic nitrogens is 1. The summed E-state index contributed by atoms with van der Waals surface area (Å²) in [7, 11) is -4.94. The van der Waals surface area contributed by atoms with Crippen molar-refractivity contribution in [1.82, 2.24) is 0 Å². The average Bonchev–Trinajstić information content (AvgIpc) is 2.89. The molecule has 1 aromatic heterocycles. The lowest BCUT2D eigenvalue weighted by Crippen LogP contribution is -2.68. The summed E-state index contributed by atoms with van der Waals surface area (Å²) >= 11 is 0. The van der Waals surface area contributed by atoms with Gasteiger partial charge in [0.05, 0.1) is 0 Å². The van der Waals surface area contributed by atoms with Crippen molar-refractivity contribution in [3.05, 3.63) is 127 Å². The summed E-state index contributed by atoms with van der Waals surface area (Å²) < 4.78 is 36.3. The average molecular weight is 499 g/mol. The molecule has 0 saturated carbocycles. The van der Waals surface area contributed by atoms with E-state index in [0.717, 1.165) is 33.9 Å². The first-order valence-electron chi connectivity index (χ1n) is 11.0. The van der Waals surface area contributed by atoms with E-state index in [0.29, 0.717) is 0 Å². The molecule has 0 unspecified atom stereocenters. The number of pyridine rings is 1. The summed E-state index contributed by atoms with van der Waals surface area (Å²) in [5.74, 6) is 0. The van der Waals surface area contributed by atoms with Crippen molar-refractivity contribution in [2.75, 3.05) is 5.73 Å². The molecule has 0 amide bonds. The molecule has 0 aliphatic rings. The van der Waals surface area contributed by atoms with Gasteiger partial charge in [0.15, 0.2) is 0 Å². The number of hydrogen-bond acceptors (Lipinski definition) is 5. The van der Waals surface area contributed by atoms with Gasteiger partial charge < -0.3 is 5.73 Å². The zero-order valence-corrected chi connectivity index (χ0v) is 19.9. The van der Waals surface area contributed by atoms with Crippen molar-refractivity contribution in [2.24, 2.45) is 0 Å². The number of benzene rings is 4. The molecule has 5 rings (SSSR count). The van der Waals surface area contributed by atoms with Gasteiger partial charge in [0.25, 0.3) is 0 Å². The largest absolute Gasteiger partial charge is 0.399 e. The van der Waals surface area contributed by atoms with Gasteiger partial charge in [-0.2, -0.15) is 4.57 Å². The van der Waals surface area contributed by atoms with Gasteiger partial charge in [-0.3, -0.25) is 0 Å². The van der Waals surface area contributed by atoms with Crippen molar-refractivity contribution >= 4 is 5.69 Å². The number of nitrogen functional groups attached to an aromatic ring is 1. The molecule has 6 nitrogen and oxygen atoms in total. The normalized spacial score (nSPS) is 10.9. The molecule has 0 aliphatic heterocycles. The lowest BCUT2D eigenvalue weighted by atomic mass is 9.98. The summed E-state index contributed by atoms with van der Waals surface area (Å²) in [5.41, 5.74) is 14.8. The number of rotatable bonds is 4.